The van der Waals surface area contributed by atoms with Crippen molar-refractivity contribution in [3.63, 3.8) is 0 Å². The van der Waals surface area contributed by atoms with Crippen molar-refractivity contribution < 1.29 is 9.21 Å². The van der Waals surface area contributed by atoms with Gasteiger partial charge in [-0.05, 0) is 12.1 Å². The summed E-state index contributed by atoms with van der Waals surface area (Å²) in [6.07, 6.45) is 1.93. The molecule has 0 aromatic carbocycles. The van der Waals surface area contributed by atoms with Crippen LogP contribution in [0.2, 0.25) is 10.2 Å². The number of furan rings is 1. The van der Waals surface area contributed by atoms with E-state index in [0.29, 0.717) is 6.42 Å². The number of carbonyl (C=O) groups excluding carboxylic acids is 1. The van der Waals surface area contributed by atoms with Gasteiger partial charge in [0.1, 0.15) is 17.1 Å². The third-order valence-corrected chi connectivity index (χ3v) is 2.95. The van der Waals surface area contributed by atoms with Crippen LogP contribution in [-0.2, 0) is 6.42 Å². The third kappa shape index (κ3) is 2.63. The summed E-state index contributed by atoms with van der Waals surface area (Å²) in [7, 11) is 0. The molecule has 1 amide bonds. The highest BCUT2D eigenvalue weighted by Gasteiger charge is 2.15. The van der Waals surface area contributed by atoms with Crippen molar-refractivity contribution in [2.75, 3.05) is 5.32 Å². The van der Waals surface area contributed by atoms with E-state index in [0.717, 1.165) is 5.76 Å². The van der Waals surface area contributed by atoms with Crippen LogP contribution in [-0.4, -0.2) is 15.9 Å². The monoisotopic (exact) mass is 285 g/mol. The summed E-state index contributed by atoms with van der Waals surface area (Å²) >= 11 is 11.6. The van der Waals surface area contributed by atoms with Gasteiger partial charge in [-0.3, -0.25) is 4.79 Å². The van der Waals surface area contributed by atoms with Crippen LogP contribution in [0.5, 0.6) is 0 Å². The molecule has 0 radical (unpaired) electrons. The van der Waals surface area contributed by atoms with Gasteiger partial charge >= 0.3 is 0 Å². The molecule has 0 bridgehead atoms. The van der Waals surface area contributed by atoms with Gasteiger partial charge in [0.15, 0.2) is 16.7 Å². The van der Waals surface area contributed by atoms with Crippen molar-refractivity contribution in [3.8, 4) is 0 Å². The van der Waals surface area contributed by atoms with Gasteiger partial charge in [0.2, 0.25) is 0 Å². The molecule has 0 aliphatic heterocycles. The Bertz CT molecular complexity index is 583. The largest absolute Gasteiger partial charge is 0.456 e. The van der Waals surface area contributed by atoms with E-state index in [4.69, 9.17) is 27.6 Å². The van der Waals surface area contributed by atoms with Crippen LogP contribution in [0.4, 0.5) is 5.82 Å². The van der Waals surface area contributed by atoms with Crippen molar-refractivity contribution in [1.82, 2.24) is 9.97 Å². The fraction of sp³-hybridized carbons (Fsp3) is 0.182. The molecule has 94 valence electrons. The fourth-order valence-electron chi connectivity index (χ4n) is 1.29. The first-order chi connectivity index (χ1) is 8.61. The first-order valence-electron chi connectivity index (χ1n) is 5.18. The minimum absolute atomic E-state index is 0.0793. The van der Waals surface area contributed by atoms with E-state index in [1.807, 2.05) is 6.92 Å². The molecular formula is C11H9Cl2N3O2. The van der Waals surface area contributed by atoms with Crippen molar-refractivity contribution >= 4 is 34.9 Å². The van der Waals surface area contributed by atoms with Gasteiger partial charge in [-0.15, -0.1) is 0 Å². The Morgan fingerprint density at radius 3 is 2.83 bits per heavy atom. The van der Waals surface area contributed by atoms with Crippen LogP contribution in [0, 0.1) is 0 Å². The maximum atomic E-state index is 11.8. The average Bonchev–Trinajstić information content (AvgIpc) is 2.83. The second kappa shape index (κ2) is 5.37. The summed E-state index contributed by atoms with van der Waals surface area (Å²) < 4.78 is 5.31. The lowest BCUT2D eigenvalue weighted by Gasteiger charge is -2.04. The molecule has 0 aliphatic carbocycles. The van der Waals surface area contributed by atoms with Gasteiger partial charge in [-0.2, -0.15) is 0 Å². The first-order valence-corrected chi connectivity index (χ1v) is 5.93. The van der Waals surface area contributed by atoms with Crippen LogP contribution < -0.4 is 5.32 Å². The van der Waals surface area contributed by atoms with Crippen LogP contribution in [0.25, 0.3) is 0 Å². The summed E-state index contributed by atoms with van der Waals surface area (Å²) in [5.41, 5.74) is 0. The van der Waals surface area contributed by atoms with Crippen molar-refractivity contribution in [2.45, 2.75) is 13.3 Å². The Hall–Kier alpha value is -1.59. The highest BCUT2D eigenvalue weighted by atomic mass is 35.5. The molecule has 0 saturated carbocycles. The Kier molecular flexibility index (Phi) is 3.84. The molecule has 5 nitrogen and oxygen atoms in total. The van der Waals surface area contributed by atoms with Crippen molar-refractivity contribution in [2.24, 2.45) is 0 Å². The molecule has 0 atom stereocenters. The zero-order valence-electron chi connectivity index (χ0n) is 9.41. The van der Waals surface area contributed by atoms with E-state index in [2.05, 4.69) is 15.3 Å². The smallest absolute Gasteiger partial charge is 0.292 e. The van der Waals surface area contributed by atoms with E-state index in [1.165, 1.54) is 6.33 Å². The molecule has 2 aromatic rings. The van der Waals surface area contributed by atoms with Crippen molar-refractivity contribution in [3.05, 3.63) is 40.2 Å². The van der Waals surface area contributed by atoms with Gasteiger partial charge in [0.05, 0.1) is 0 Å². The Labute approximate surface area is 113 Å². The molecule has 0 unspecified atom stereocenters. The summed E-state index contributed by atoms with van der Waals surface area (Å²) in [5, 5.41) is 2.68. The summed E-state index contributed by atoms with van der Waals surface area (Å²) in [4.78, 5) is 19.4. The molecule has 2 rings (SSSR count). The molecule has 0 aliphatic rings. The van der Waals surface area contributed by atoms with Crippen LogP contribution in [0.3, 0.4) is 0 Å². The zero-order valence-corrected chi connectivity index (χ0v) is 10.9. The predicted molar refractivity (Wildman–Crippen MR) is 68.1 cm³/mol. The molecule has 7 heteroatoms. The normalized spacial score (nSPS) is 10.4. The lowest BCUT2D eigenvalue weighted by atomic mass is 10.3. The number of carbonyl (C=O) groups is 1. The minimum Gasteiger partial charge on any atom is -0.456 e. The Morgan fingerprint density at radius 2 is 2.17 bits per heavy atom. The number of anilines is 1. The van der Waals surface area contributed by atoms with Crippen LogP contribution in [0.15, 0.2) is 22.9 Å². The van der Waals surface area contributed by atoms with Crippen LogP contribution in [0.1, 0.15) is 23.2 Å². The quantitative estimate of drug-likeness (QED) is 0.880. The van der Waals surface area contributed by atoms with Gasteiger partial charge in [0, 0.05) is 6.42 Å². The number of aromatic nitrogens is 2. The highest BCUT2D eigenvalue weighted by molar-refractivity contribution is 6.43. The van der Waals surface area contributed by atoms with E-state index >= 15 is 0 Å². The van der Waals surface area contributed by atoms with Gasteiger partial charge in [0.25, 0.3) is 5.91 Å². The third-order valence-electron chi connectivity index (χ3n) is 2.21. The molecule has 2 aromatic heterocycles. The van der Waals surface area contributed by atoms with E-state index in [9.17, 15) is 4.79 Å². The van der Waals surface area contributed by atoms with Gasteiger partial charge in [-0.25, -0.2) is 9.97 Å². The highest BCUT2D eigenvalue weighted by Crippen LogP contribution is 2.25. The van der Waals surface area contributed by atoms with E-state index in [-0.39, 0.29) is 21.8 Å². The number of nitrogens with zero attached hydrogens (tertiary/aromatic N) is 2. The van der Waals surface area contributed by atoms with Gasteiger partial charge < -0.3 is 9.73 Å². The zero-order chi connectivity index (χ0) is 13.1. The molecule has 0 saturated heterocycles. The van der Waals surface area contributed by atoms with E-state index in [1.54, 1.807) is 12.1 Å². The maximum absolute atomic E-state index is 11.8. The fourth-order valence-corrected chi connectivity index (χ4v) is 1.57. The number of hydrogen-bond acceptors (Lipinski definition) is 4. The molecular weight excluding hydrogens is 277 g/mol. The number of hydrogen-bond donors (Lipinski definition) is 1. The van der Waals surface area contributed by atoms with Gasteiger partial charge in [-0.1, -0.05) is 30.1 Å². The first kappa shape index (κ1) is 12.9. The summed E-state index contributed by atoms with van der Waals surface area (Å²) in [6, 6.07) is 3.33. The van der Waals surface area contributed by atoms with Crippen LogP contribution >= 0.6 is 23.2 Å². The second-order valence-electron chi connectivity index (χ2n) is 3.40. The number of nitrogens with one attached hydrogen (secondary N) is 1. The molecule has 18 heavy (non-hydrogen) atoms. The number of aryl methyl sites for hydroxylation is 1. The van der Waals surface area contributed by atoms with E-state index < -0.39 is 5.91 Å². The Morgan fingerprint density at radius 1 is 1.39 bits per heavy atom. The van der Waals surface area contributed by atoms with Crippen molar-refractivity contribution in [1.29, 1.82) is 0 Å². The Balaban J connectivity index is 2.18. The molecule has 1 N–H and O–H groups in total. The molecule has 0 spiro atoms. The predicted octanol–water partition coefficient (Wildman–Crippen LogP) is 3.19. The lowest BCUT2D eigenvalue weighted by Crippen LogP contribution is -2.12. The number of halogens is 2. The lowest BCUT2D eigenvalue weighted by molar-refractivity contribution is 0.0994. The standard InChI is InChI=1S/C11H9Cl2N3O2/c1-2-6-3-4-7(18-6)11(17)16-10-8(12)9(13)14-5-15-10/h3-5H,2H2,1H3,(H,14,15,16,17). The average molecular weight is 286 g/mol. The summed E-state index contributed by atoms with van der Waals surface area (Å²) in [6.45, 7) is 1.93. The minimum atomic E-state index is -0.439. The number of rotatable bonds is 3. The summed E-state index contributed by atoms with van der Waals surface area (Å²) in [5.74, 6) is 0.632. The SMILES string of the molecule is CCc1ccc(C(=O)Nc2ncnc(Cl)c2Cl)o1. The molecule has 2 heterocycles. The molecule has 0 fully saturated rings. The topological polar surface area (TPSA) is 68.0 Å². The second-order valence-corrected chi connectivity index (χ2v) is 4.14. The maximum Gasteiger partial charge on any atom is 0.292 e. The number of amides is 1.